The van der Waals surface area contributed by atoms with Gasteiger partial charge in [-0.2, -0.15) is 5.10 Å². The van der Waals surface area contributed by atoms with Crippen LogP contribution in [0.5, 0.6) is 11.6 Å². The summed E-state index contributed by atoms with van der Waals surface area (Å²) in [6.45, 7) is 0. The number of carbonyl (C=O) groups is 1. The molecule has 0 aromatic carbocycles. The third-order valence-corrected chi connectivity index (χ3v) is 3.25. The number of methoxy groups -OCH3 is 2. The average molecular weight is 310 g/mol. The molecule has 3 aromatic heterocycles. The van der Waals surface area contributed by atoms with Gasteiger partial charge < -0.3 is 9.47 Å². The molecule has 116 valence electrons. The van der Waals surface area contributed by atoms with Crippen molar-refractivity contribution in [2.24, 2.45) is 0 Å². The van der Waals surface area contributed by atoms with Crippen molar-refractivity contribution in [1.82, 2.24) is 19.7 Å². The van der Waals surface area contributed by atoms with E-state index in [4.69, 9.17) is 9.47 Å². The highest BCUT2D eigenvalue weighted by Gasteiger charge is 2.13. The first-order valence-corrected chi connectivity index (χ1v) is 6.81. The van der Waals surface area contributed by atoms with E-state index in [1.807, 2.05) is 0 Å². The second-order valence-electron chi connectivity index (χ2n) is 4.62. The Morgan fingerprint density at radius 3 is 2.61 bits per heavy atom. The molecule has 0 bridgehead atoms. The van der Waals surface area contributed by atoms with Crippen molar-refractivity contribution in [2.75, 3.05) is 14.2 Å². The Balaban J connectivity index is 2.12. The maximum absolute atomic E-state index is 11.1. The van der Waals surface area contributed by atoms with E-state index < -0.39 is 0 Å². The van der Waals surface area contributed by atoms with E-state index in [2.05, 4.69) is 15.1 Å². The van der Waals surface area contributed by atoms with Crippen LogP contribution in [0.2, 0.25) is 0 Å². The molecule has 0 aliphatic rings. The molecule has 0 aliphatic carbocycles. The topological polar surface area (TPSA) is 79.1 Å². The Hall–Kier alpha value is -3.22. The summed E-state index contributed by atoms with van der Waals surface area (Å²) in [5, 5.41) is 4.27. The van der Waals surface area contributed by atoms with E-state index in [9.17, 15) is 4.79 Å². The zero-order valence-corrected chi connectivity index (χ0v) is 12.6. The number of carbonyl (C=O) groups excluding carboxylic acids is 1. The van der Waals surface area contributed by atoms with Gasteiger partial charge in [0.2, 0.25) is 5.88 Å². The highest BCUT2D eigenvalue weighted by Crippen LogP contribution is 2.25. The van der Waals surface area contributed by atoms with Gasteiger partial charge in [0, 0.05) is 18.3 Å². The Kier molecular flexibility index (Phi) is 4.01. The van der Waals surface area contributed by atoms with Crippen LogP contribution in [0, 0.1) is 0 Å². The molecule has 0 atom stereocenters. The van der Waals surface area contributed by atoms with Gasteiger partial charge in [-0.25, -0.2) is 9.67 Å². The Morgan fingerprint density at radius 2 is 1.96 bits per heavy atom. The van der Waals surface area contributed by atoms with E-state index in [1.54, 1.807) is 61.6 Å². The van der Waals surface area contributed by atoms with Gasteiger partial charge in [0.1, 0.15) is 11.4 Å². The van der Waals surface area contributed by atoms with Crippen molar-refractivity contribution in [3.8, 4) is 28.7 Å². The average Bonchev–Trinajstić information content (AvgIpc) is 3.06. The number of ether oxygens (including phenoxy) is 2. The van der Waals surface area contributed by atoms with Crippen molar-refractivity contribution in [3.63, 3.8) is 0 Å². The lowest BCUT2D eigenvalue weighted by Gasteiger charge is -2.08. The number of pyridine rings is 2. The van der Waals surface area contributed by atoms with Crippen LogP contribution in [0.15, 0.2) is 42.7 Å². The lowest BCUT2D eigenvalue weighted by Crippen LogP contribution is -2.01. The minimum Gasteiger partial charge on any atom is -0.497 e. The molecular formula is C16H14N4O3. The predicted octanol–water partition coefficient (Wildman–Crippen LogP) is 2.16. The molecule has 3 rings (SSSR count). The summed E-state index contributed by atoms with van der Waals surface area (Å²) in [5.41, 5.74) is 2.30. The molecule has 0 fully saturated rings. The minimum absolute atomic E-state index is 0.306. The molecule has 23 heavy (non-hydrogen) atoms. The molecule has 0 saturated carbocycles. The van der Waals surface area contributed by atoms with Crippen molar-refractivity contribution < 1.29 is 14.3 Å². The molecule has 7 nitrogen and oxygen atoms in total. The largest absolute Gasteiger partial charge is 0.497 e. The van der Waals surface area contributed by atoms with E-state index in [1.165, 1.54) is 0 Å². The molecule has 0 unspecified atom stereocenters. The summed E-state index contributed by atoms with van der Waals surface area (Å²) in [7, 11) is 3.13. The van der Waals surface area contributed by atoms with Crippen LogP contribution in [0.4, 0.5) is 0 Å². The van der Waals surface area contributed by atoms with Crippen LogP contribution in [0.1, 0.15) is 10.5 Å². The number of nitrogens with zero attached hydrogens (tertiary/aromatic N) is 4. The van der Waals surface area contributed by atoms with Gasteiger partial charge in [0.05, 0.1) is 37.5 Å². The first-order valence-electron chi connectivity index (χ1n) is 6.81. The maximum Gasteiger partial charge on any atom is 0.213 e. The monoisotopic (exact) mass is 310 g/mol. The summed E-state index contributed by atoms with van der Waals surface area (Å²) in [6.07, 6.45) is 3.94. The Morgan fingerprint density at radius 1 is 1.09 bits per heavy atom. The van der Waals surface area contributed by atoms with Crippen molar-refractivity contribution in [2.45, 2.75) is 0 Å². The van der Waals surface area contributed by atoms with E-state index >= 15 is 0 Å². The zero-order chi connectivity index (χ0) is 16.2. The molecule has 0 saturated heterocycles. The Labute approximate surface area is 132 Å². The van der Waals surface area contributed by atoms with Crippen LogP contribution >= 0.6 is 0 Å². The van der Waals surface area contributed by atoms with Crippen LogP contribution < -0.4 is 9.47 Å². The molecule has 0 radical (unpaired) electrons. The van der Waals surface area contributed by atoms with Gasteiger partial charge >= 0.3 is 0 Å². The van der Waals surface area contributed by atoms with Crippen molar-refractivity contribution in [1.29, 1.82) is 0 Å². The number of aromatic nitrogens is 4. The lowest BCUT2D eigenvalue weighted by atomic mass is 10.2. The first kappa shape index (κ1) is 14.7. The van der Waals surface area contributed by atoms with Gasteiger partial charge in [-0.15, -0.1) is 0 Å². The van der Waals surface area contributed by atoms with E-state index in [0.29, 0.717) is 40.7 Å². The summed E-state index contributed by atoms with van der Waals surface area (Å²) in [5.74, 6) is 1.17. The summed E-state index contributed by atoms with van der Waals surface area (Å²) < 4.78 is 11.9. The van der Waals surface area contributed by atoms with Crippen molar-refractivity contribution in [3.05, 3.63) is 48.4 Å². The van der Waals surface area contributed by atoms with E-state index in [-0.39, 0.29) is 0 Å². The molecule has 0 amide bonds. The normalized spacial score (nSPS) is 10.3. The molecule has 3 aromatic rings. The predicted molar refractivity (Wildman–Crippen MR) is 83.1 cm³/mol. The van der Waals surface area contributed by atoms with Crippen LogP contribution in [-0.4, -0.2) is 40.3 Å². The smallest absolute Gasteiger partial charge is 0.213 e. The molecule has 0 spiro atoms. The molecule has 0 aliphatic heterocycles. The maximum atomic E-state index is 11.1. The zero-order valence-electron chi connectivity index (χ0n) is 12.6. The number of hydrogen-bond acceptors (Lipinski definition) is 6. The van der Waals surface area contributed by atoms with Gasteiger partial charge in [-0.3, -0.25) is 9.78 Å². The van der Waals surface area contributed by atoms with Gasteiger partial charge in [0.25, 0.3) is 0 Å². The summed E-state index contributed by atoms with van der Waals surface area (Å²) in [4.78, 5) is 19.6. The first-order chi connectivity index (χ1) is 11.2. The fraction of sp³-hybridized carbons (Fsp3) is 0.125. The molecule has 3 heterocycles. The standard InChI is InChI=1S/C16H14N4O3/c1-22-13-5-6-17-14(8-13)15-7-11(10-21)19-20(15)12-3-4-16(23-2)18-9-12/h3-10H,1-2H3. The van der Waals surface area contributed by atoms with Crippen LogP contribution in [0.25, 0.3) is 17.1 Å². The van der Waals surface area contributed by atoms with E-state index in [0.717, 1.165) is 0 Å². The van der Waals surface area contributed by atoms with Crippen LogP contribution in [-0.2, 0) is 0 Å². The van der Waals surface area contributed by atoms with Gasteiger partial charge in [-0.1, -0.05) is 0 Å². The summed E-state index contributed by atoms with van der Waals surface area (Å²) >= 11 is 0. The SMILES string of the molecule is COc1ccnc(-c2cc(C=O)nn2-c2ccc(OC)nc2)c1. The molecule has 7 heteroatoms. The number of rotatable bonds is 5. The fourth-order valence-corrected chi connectivity index (χ4v) is 2.13. The lowest BCUT2D eigenvalue weighted by molar-refractivity contribution is 0.111. The third-order valence-electron chi connectivity index (χ3n) is 3.25. The quantitative estimate of drug-likeness (QED) is 0.672. The third kappa shape index (κ3) is 2.89. The highest BCUT2D eigenvalue weighted by molar-refractivity contribution is 5.75. The van der Waals surface area contributed by atoms with Crippen molar-refractivity contribution >= 4 is 6.29 Å². The van der Waals surface area contributed by atoms with Gasteiger partial charge in [0.15, 0.2) is 6.29 Å². The number of aldehydes is 1. The fourth-order valence-electron chi connectivity index (χ4n) is 2.13. The second-order valence-corrected chi connectivity index (χ2v) is 4.62. The Bertz CT molecular complexity index is 828. The summed E-state index contributed by atoms with van der Waals surface area (Å²) in [6, 6.07) is 8.72. The number of hydrogen-bond donors (Lipinski definition) is 0. The minimum atomic E-state index is 0.306. The van der Waals surface area contributed by atoms with Gasteiger partial charge in [-0.05, 0) is 18.2 Å². The highest BCUT2D eigenvalue weighted by atomic mass is 16.5. The molecule has 0 N–H and O–H groups in total. The molecular weight excluding hydrogens is 296 g/mol. The second kappa shape index (κ2) is 6.27. The van der Waals surface area contributed by atoms with Crippen LogP contribution in [0.3, 0.4) is 0 Å².